The molecule has 0 saturated carbocycles. The van der Waals surface area contributed by atoms with E-state index < -0.39 is 17.6 Å². The topological polar surface area (TPSA) is 117 Å². The Labute approximate surface area is 172 Å². The number of carboxylic acids is 1. The van der Waals surface area contributed by atoms with Gasteiger partial charge >= 0.3 is 12.0 Å². The zero-order chi connectivity index (χ0) is 22.0. The third kappa shape index (κ3) is 3.57. The van der Waals surface area contributed by atoms with E-state index in [9.17, 15) is 24.8 Å². The maximum atomic E-state index is 13.0. The fraction of sp³-hybridized carbons (Fsp3) is 0.273. The molecule has 0 aliphatic heterocycles. The van der Waals surface area contributed by atoms with Crippen molar-refractivity contribution in [3.8, 4) is 6.07 Å². The normalized spacial score (nSPS) is 10.9. The molecule has 3 rings (SSSR count). The quantitative estimate of drug-likeness (QED) is 0.675. The first kappa shape index (κ1) is 20.9. The van der Waals surface area contributed by atoms with Gasteiger partial charge in [0.15, 0.2) is 0 Å². The van der Waals surface area contributed by atoms with E-state index in [0.29, 0.717) is 0 Å². The molecular formula is C22H22N4O4. The summed E-state index contributed by atoms with van der Waals surface area (Å²) in [4.78, 5) is 37.4. The van der Waals surface area contributed by atoms with E-state index in [4.69, 9.17) is 0 Å². The van der Waals surface area contributed by atoms with Crippen LogP contribution in [0.2, 0.25) is 0 Å². The minimum atomic E-state index is -1.24. The number of hydrogen-bond acceptors (Lipinski definition) is 4. The van der Waals surface area contributed by atoms with Crippen LogP contribution in [-0.2, 0) is 13.1 Å². The fourth-order valence-corrected chi connectivity index (χ4v) is 3.66. The molecule has 0 atom stereocenters. The third-order valence-electron chi connectivity index (χ3n) is 5.09. The number of hydrogen-bond donors (Lipinski definition) is 2. The lowest BCUT2D eigenvalue weighted by Gasteiger charge is -2.17. The minimum absolute atomic E-state index is 0.0467. The molecule has 8 heteroatoms. The largest absolute Gasteiger partial charge is 0.478 e. The number of para-hydroxylation sites is 1. The molecule has 0 aliphatic carbocycles. The molecule has 1 heterocycles. The van der Waals surface area contributed by atoms with E-state index in [0.717, 1.165) is 26.1 Å². The molecule has 8 nitrogen and oxygen atoms in total. The Kier molecular flexibility index (Phi) is 5.74. The summed E-state index contributed by atoms with van der Waals surface area (Å²) in [5.41, 5.74) is 2.30. The number of aromatic nitrogens is 2. The summed E-state index contributed by atoms with van der Waals surface area (Å²) in [7, 11) is 0. The lowest BCUT2D eigenvalue weighted by Crippen LogP contribution is -2.38. The zero-order valence-corrected chi connectivity index (χ0v) is 17.0. The number of carbonyl (C=O) groups excluding carboxylic acids is 1. The molecule has 0 unspecified atom stereocenters. The Morgan fingerprint density at radius 1 is 1.20 bits per heavy atom. The molecule has 2 N–H and O–H groups in total. The first-order valence-corrected chi connectivity index (χ1v) is 9.49. The molecule has 0 spiro atoms. The molecule has 154 valence electrons. The number of nitrogens with zero attached hydrogens (tertiary/aromatic N) is 3. The molecule has 0 fully saturated rings. The Morgan fingerprint density at radius 3 is 2.53 bits per heavy atom. The summed E-state index contributed by atoms with van der Waals surface area (Å²) in [5.74, 6) is -0.992. The predicted molar refractivity (Wildman–Crippen MR) is 112 cm³/mol. The average Bonchev–Trinajstić information content (AvgIpc) is 2.98. The number of fused-ring (bicyclic) bond motifs is 1. The van der Waals surface area contributed by atoms with Gasteiger partial charge in [0.05, 0.1) is 22.5 Å². The number of benzene rings is 2. The summed E-state index contributed by atoms with van der Waals surface area (Å²) in [6.07, 6.45) is 0. The van der Waals surface area contributed by atoms with Crippen molar-refractivity contribution in [1.29, 1.82) is 5.26 Å². The number of aromatic carboxylic acids is 1. The van der Waals surface area contributed by atoms with Crippen molar-refractivity contribution >= 4 is 22.9 Å². The smallest absolute Gasteiger partial charge is 0.344 e. The van der Waals surface area contributed by atoms with Crippen LogP contribution in [0.4, 0.5) is 4.79 Å². The van der Waals surface area contributed by atoms with Crippen LogP contribution < -0.4 is 10.9 Å². The van der Waals surface area contributed by atoms with Crippen molar-refractivity contribution in [3.63, 3.8) is 0 Å². The second-order valence-electron chi connectivity index (χ2n) is 7.30. The number of carbonyl (C=O) groups is 2. The fourth-order valence-electron chi connectivity index (χ4n) is 3.66. The predicted octanol–water partition coefficient (Wildman–Crippen LogP) is 3.21. The highest BCUT2D eigenvalue weighted by Crippen LogP contribution is 2.22. The minimum Gasteiger partial charge on any atom is -0.478 e. The van der Waals surface area contributed by atoms with Crippen LogP contribution in [0.3, 0.4) is 0 Å². The van der Waals surface area contributed by atoms with Gasteiger partial charge in [-0.25, -0.2) is 9.59 Å². The van der Waals surface area contributed by atoms with Gasteiger partial charge in [-0.15, -0.1) is 0 Å². The zero-order valence-electron chi connectivity index (χ0n) is 17.0. The second-order valence-corrected chi connectivity index (χ2v) is 7.30. The lowest BCUT2D eigenvalue weighted by molar-refractivity contribution is 0.0698. The molecule has 1 aromatic heterocycles. The molecule has 2 aromatic carbocycles. The maximum Gasteiger partial charge on any atom is 0.344 e. The van der Waals surface area contributed by atoms with Crippen molar-refractivity contribution < 1.29 is 14.7 Å². The van der Waals surface area contributed by atoms with Crippen LogP contribution in [0, 0.1) is 18.3 Å². The van der Waals surface area contributed by atoms with Crippen molar-refractivity contribution in [3.05, 3.63) is 69.0 Å². The van der Waals surface area contributed by atoms with Crippen LogP contribution in [0.5, 0.6) is 0 Å². The Balaban J connectivity index is 2.07. The molecule has 1 amide bonds. The summed E-state index contributed by atoms with van der Waals surface area (Å²) < 4.78 is 1.91. The van der Waals surface area contributed by atoms with Crippen molar-refractivity contribution in [2.24, 2.45) is 0 Å². The number of carboxylic acid groups (broad SMARTS) is 1. The number of rotatable bonds is 5. The van der Waals surface area contributed by atoms with E-state index in [2.05, 4.69) is 19.2 Å². The second kappa shape index (κ2) is 8.25. The Bertz CT molecular complexity index is 1240. The van der Waals surface area contributed by atoms with E-state index in [-0.39, 0.29) is 35.5 Å². The Hall–Kier alpha value is -3.86. The third-order valence-corrected chi connectivity index (χ3v) is 5.09. The van der Waals surface area contributed by atoms with Crippen molar-refractivity contribution in [2.75, 3.05) is 0 Å². The van der Waals surface area contributed by atoms with Gasteiger partial charge in [-0.3, -0.25) is 9.48 Å². The van der Waals surface area contributed by atoms with Gasteiger partial charge in [0.25, 0.3) is 5.56 Å². The van der Waals surface area contributed by atoms with Gasteiger partial charge in [0.2, 0.25) is 0 Å². The van der Waals surface area contributed by atoms with Gasteiger partial charge < -0.3 is 10.4 Å². The highest BCUT2D eigenvalue weighted by molar-refractivity contribution is 6.02. The number of nitriles is 1. The summed E-state index contributed by atoms with van der Waals surface area (Å²) >= 11 is 0. The number of amides is 1. The van der Waals surface area contributed by atoms with Gasteiger partial charge in [0, 0.05) is 6.54 Å². The Morgan fingerprint density at radius 2 is 1.90 bits per heavy atom. The van der Waals surface area contributed by atoms with Crippen molar-refractivity contribution in [1.82, 2.24) is 14.7 Å². The van der Waals surface area contributed by atoms with Crippen LogP contribution >= 0.6 is 0 Å². The first-order chi connectivity index (χ1) is 14.3. The molecule has 0 saturated heterocycles. The van der Waals surface area contributed by atoms with Gasteiger partial charge in [-0.1, -0.05) is 38.1 Å². The van der Waals surface area contributed by atoms with Crippen molar-refractivity contribution in [2.45, 2.75) is 39.8 Å². The van der Waals surface area contributed by atoms with E-state index in [1.807, 2.05) is 31.2 Å². The van der Waals surface area contributed by atoms with E-state index in [1.54, 1.807) is 0 Å². The van der Waals surface area contributed by atoms with Gasteiger partial charge in [0.1, 0.15) is 6.54 Å². The lowest BCUT2D eigenvalue weighted by atomic mass is 9.94. The number of nitrogens with one attached hydrogen (secondary N) is 1. The van der Waals surface area contributed by atoms with Crippen LogP contribution in [0.15, 0.2) is 41.2 Å². The van der Waals surface area contributed by atoms with Crippen LogP contribution in [0.1, 0.15) is 46.8 Å². The molecular weight excluding hydrogens is 384 g/mol. The maximum absolute atomic E-state index is 13.0. The summed E-state index contributed by atoms with van der Waals surface area (Å²) in [6, 6.07) is 11.3. The number of aryl methyl sites for hydroxylation is 1. The highest BCUT2D eigenvalue weighted by Gasteiger charge is 2.23. The van der Waals surface area contributed by atoms with Crippen LogP contribution in [0.25, 0.3) is 10.9 Å². The molecule has 3 aromatic rings. The average molecular weight is 406 g/mol. The molecule has 0 radical (unpaired) electrons. The van der Waals surface area contributed by atoms with Gasteiger partial charge in [-0.05, 0) is 41.7 Å². The molecule has 0 bridgehead atoms. The molecule has 30 heavy (non-hydrogen) atoms. The standard InChI is InChI=1S/C22H22N4O4/c1-13(2)15-7-4-6-14(3)18(15)12-24-22(30)26-20(27)16-8-5-9-17(21(28)29)19(16)25(26)11-10-23/h4-9,13H,11-12H2,1-3H3,(H,24,30)(H,28,29). The SMILES string of the molecule is Cc1cccc(C(C)C)c1CNC(=O)n1c(=O)c2cccc(C(=O)O)c2n1CC#N. The monoisotopic (exact) mass is 406 g/mol. The molecule has 0 aliphatic rings. The van der Waals surface area contributed by atoms with E-state index in [1.165, 1.54) is 18.2 Å². The summed E-state index contributed by atoms with van der Waals surface area (Å²) in [5, 5.41) is 21.5. The summed E-state index contributed by atoms with van der Waals surface area (Å²) in [6.45, 7) is 5.92. The van der Waals surface area contributed by atoms with Gasteiger partial charge in [-0.2, -0.15) is 9.94 Å². The van der Waals surface area contributed by atoms with E-state index >= 15 is 0 Å². The first-order valence-electron chi connectivity index (χ1n) is 9.49. The highest BCUT2D eigenvalue weighted by atomic mass is 16.4. The van der Waals surface area contributed by atoms with Crippen LogP contribution in [-0.4, -0.2) is 26.5 Å².